The fourth-order valence-corrected chi connectivity index (χ4v) is 3.60. The van der Waals surface area contributed by atoms with Gasteiger partial charge in [-0.1, -0.05) is 12.1 Å². The molecule has 0 spiro atoms. The third-order valence-corrected chi connectivity index (χ3v) is 5.10. The van der Waals surface area contributed by atoms with E-state index in [0.717, 1.165) is 12.1 Å². The molecule has 0 amide bonds. The lowest BCUT2D eigenvalue weighted by Crippen LogP contribution is -2.26. The topological polar surface area (TPSA) is 63.4 Å². The van der Waals surface area contributed by atoms with Crippen LogP contribution in [0.15, 0.2) is 18.2 Å². The van der Waals surface area contributed by atoms with Crippen LogP contribution in [0.25, 0.3) is 0 Å². The molecule has 2 rings (SSSR count). The van der Waals surface area contributed by atoms with Gasteiger partial charge < -0.3 is 5.73 Å². The zero-order valence-electron chi connectivity index (χ0n) is 10.8. The highest BCUT2D eigenvalue weighted by molar-refractivity contribution is 7.91. The van der Waals surface area contributed by atoms with Crippen molar-refractivity contribution in [3.63, 3.8) is 0 Å². The molecular formula is C13H19FN2O2S. The molecule has 0 radical (unpaired) electrons. The number of rotatable bonds is 3. The second-order valence-electron chi connectivity index (χ2n) is 4.91. The van der Waals surface area contributed by atoms with E-state index in [-0.39, 0.29) is 23.9 Å². The SMILES string of the molecule is NCc1cc(CN2CCCS(=O)(=O)CC2)ccc1F. The van der Waals surface area contributed by atoms with Gasteiger partial charge in [0.2, 0.25) is 0 Å². The molecule has 4 nitrogen and oxygen atoms in total. The zero-order chi connectivity index (χ0) is 13.9. The minimum Gasteiger partial charge on any atom is -0.326 e. The van der Waals surface area contributed by atoms with Crippen LogP contribution in [-0.2, 0) is 22.9 Å². The van der Waals surface area contributed by atoms with Crippen LogP contribution in [0.1, 0.15) is 17.5 Å². The van der Waals surface area contributed by atoms with E-state index in [0.29, 0.717) is 25.1 Å². The summed E-state index contributed by atoms with van der Waals surface area (Å²) in [5.74, 6) is 0.184. The third-order valence-electron chi connectivity index (χ3n) is 3.38. The second kappa shape index (κ2) is 5.98. The summed E-state index contributed by atoms with van der Waals surface area (Å²) in [4.78, 5) is 2.10. The van der Waals surface area contributed by atoms with Gasteiger partial charge in [0, 0.05) is 25.2 Å². The van der Waals surface area contributed by atoms with Crippen molar-refractivity contribution in [3.05, 3.63) is 35.1 Å². The summed E-state index contributed by atoms with van der Waals surface area (Å²) in [5, 5.41) is 0. The van der Waals surface area contributed by atoms with Gasteiger partial charge >= 0.3 is 0 Å². The molecule has 1 heterocycles. The fraction of sp³-hybridized carbons (Fsp3) is 0.538. The van der Waals surface area contributed by atoms with E-state index < -0.39 is 9.84 Å². The Morgan fingerprint density at radius 2 is 2.05 bits per heavy atom. The number of hydrogen-bond donors (Lipinski definition) is 1. The van der Waals surface area contributed by atoms with E-state index in [1.165, 1.54) is 6.07 Å². The lowest BCUT2D eigenvalue weighted by molar-refractivity contribution is 0.287. The predicted molar refractivity (Wildman–Crippen MR) is 72.8 cm³/mol. The fourth-order valence-electron chi connectivity index (χ4n) is 2.29. The van der Waals surface area contributed by atoms with Crippen molar-refractivity contribution in [1.29, 1.82) is 0 Å². The van der Waals surface area contributed by atoms with Crippen molar-refractivity contribution in [1.82, 2.24) is 4.90 Å². The molecule has 0 atom stereocenters. The molecule has 0 bridgehead atoms. The van der Waals surface area contributed by atoms with Crippen molar-refractivity contribution >= 4 is 9.84 Å². The molecule has 1 saturated heterocycles. The highest BCUT2D eigenvalue weighted by Crippen LogP contribution is 2.14. The van der Waals surface area contributed by atoms with Crippen LogP contribution >= 0.6 is 0 Å². The van der Waals surface area contributed by atoms with Crippen LogP contribution in [0.5, 0.6) is 0 Å². The molecular weight excluding hydrogens is 267 g/mol. The lowest BCUT2D eigenvalue weighted by atomic mass is 10.1. The minimum absolute atomic E-state index is 0.175. The van der Waals surface area contributed by atoms with Crippen LogP contribution in [0.4, 0.5) is 4.39 Å². The maximum Gasteiger partial charge on any atom is 0.151 e. The van der Waals surface area contributed by atoms with Gasteiger partial charge in [-0.3, -0.25) is 4.90 Å². The predicted octanol–water partition coefficient (Wildman–Crippen LogP) is 0.905. The second-order valence-corrected chi connectivity index (χ2v) is 7.22. The number of sulfone groups is 1. The molecule has 1 aliphatic heterocycles. The molecule has 2 N–H and O–H groups in total. The van der Waals surface area contributed by atoms with Gasteiger partial charge in [-0.05, 0) is 24.6 Å². The van der Waals surface area contributed by atoms with Gasteiger partial charge in [0.15, 0.2) is 9.84 Å². The Bertz CT molecular complexity index is 546. The molecule has 6 heteroatoms. The Morgan fingerprint density at radius 3 is 2.79 bits per heavy atom. The molecule has 106 valence electrons. The maximum absolute atomic E-state index is 13.3. The van der Waals surface area contributed by atoms with Crippen LogP contribution < -0.4 is 5.73 Å². The molecule has 0 aromatic heterocycles. The van der Waals surface area contributed by atoms with E-state index >= 15 is 0 Å². The van der Waals surface area contributed by atoms with Crippen molar-refractivity contribution < 1.29 is 12.8 Å². The number of nitrogens with zero attached hydrogens (tertiary/aromatic N) is 1. The molecule has 1 aliphatic rings. The Hall–Kier alpha value is -0.980. The zero-order valence-corrected chi connectivity index (χ0v) is 11.6. The summed E-state index contributed by atoms with van der Waals surface area (Å²) in [7, 11) is -2.89. The van der Waals surface area contributed by atoms with E-state index in [1.807, 2.05) is 0 Å². The van der Waals surface area contributed by atoms with E-state index in [9.17, 15) is 12.8 Å². The highest BCUT2D eigenvalue weighted by Gasteiger charge is 2.19. The molecule has 1 aromatic rings. The van der Waals surface area contributed by atoms with Crippen LogP contribution in [-0.4, -0.2) is 37.9 Å². The Balaban J connectivity index is 2.05. The molecule has 1 aromatic carbocycles. The first kappa shape index (κ1) is 14.4. The first-order valence-corrected chi connectivity index (χ1v) is 8.22. The number of nitrogens with two attached hydrogens (primary N) is 1. The number of hydrogen-bond acceptors (Lipinski definition) is 4. The van der Waals surface area contributed by atoms with E-state index in [4.69, 9.17) is 5.73 Å². The average molecular weight is 286 g/mol. The normalized spacial score (nSPS) is 20.1. The van der Waals surface area contributed by atoms with E-state index in [1.54, 1.807) is 12.1 Å². The van der Waals surface area contributed by atoms with Gasteiger partial charge in [0.1, 0.15) is 5.82 Å². The molecule has 1 fully saturated rings. The van der Waals surface area contributed by atoms with Crippen LogP contribution in [0.3, 0.4) is 0 Å². The molecule has 0 unspecified atom stereocenters. The summed E-state index contributed by atoms with van der Waals surface area (Å²) >= 11 is 0. The minimum atomic E-state index is -2.89. The van der Waals surface area contributed by atoms with Crippen molar-refractivity contribution in [2.45, 2.75) is 19.5 Å². The van der Waals surface area contributed by atoms with E-state index in [2.05, 4.69) is 4.90 Å². The molecule has 0 aliphatic carbocycles. The highest BCUT2D eigenvalue weighted by atomic mass is 32.2. The summed E-state index contributed by atoms with van der Waals surface area (Å²) in [6.07, 6.45) is 0.660. The van der Waals surface area contributed by atoms with Crippen molar-refractivity contribution in [2.75, 3.05) is 24.6 Å². The summed E-state index contributed by atoms with van der Waals surface area (Å²) in [6, 6.07) is 4.91. The van der Waals surface area contributed by atoms with Gasteiger partial charge in [0.05, 0.1) is 11.5 Å². The average Bonchev–Trinajstić information content (AvgIpc) is 2.53. The Kier molecular flexibility index (Phi) is 4.54. The summed E-state index contributed by atoms with van der Waals surface area (Å²) in [6.45, 7) is 2.11. The van der Waals surface area contributed by atoms with Gasteiger partial charge in [-0.2, -0.15) is 0 Å². The maximum atomic E-state index is 13.3. The Morgan fingerprint density at radius 1 is 1.26 bits per heavy atom. The van der Waals surface area contributed by atoms with Crippen molar-refractivity contribution in [3.8, 4) is 0 Å². The first-order chi connectivity index (χ1) is 9.00. The summed E-state index contributed by atoms with van der Waals surface area (Å²) in [5.41, 5.74) is 6.95. The lowest BCUT2D eigenvalue weighted by Gasteiger charge is -2.19. The largest absolute Gasteiger partial charge is 0.326 e. The smallest absolute Gasteiger partial charge is 0.151 e. The molecule has 0 saturated carbocycles. The molecule has 19 heavy (non-hydrogen) atoms. The first-order valence-electron chi connectivity index (χ1n) is 6.40. The van der Waals surface area contributed by atoms with Gasteiger partial charge in [-0.15, -0.1) is 0 Å². The number of benzene rings is 1. The van der Waals surface area contributed by atoms with Crippen LogP contribution in [0.2, 0.25) is 0 Å². The third kappa shape index (κ3) is 3.99. The Labute approximate surface area is 113 Å². The van der Waals surface area contributed by atoms with Gasteiger partial charge in [0.25, 0.3) is 0 Å². The summed E-state index contributed by atoms with van der Waals surface area (Å²) < 4.78 is 36.4. The number of halogens is 1. The van der Waals surface area contributed by atoms with Gasteiger partial charge in [-0.25, -0.2) is 12.8 Å². The monoisotopic (exact) mass is 286 g/mol. The van der Waals surface area contributed by atoms with Crippen LogP contribution in [0, 0.1) is 5.82 Å². The van der Waals surface area contributed by atoms with Crippen molar-refractivity contribution in [2.24, 2.45) is 5.73 Å². The quantitative estimate of drug-likeness (QED) is 0.897. The standard InChI is InChI=1S/C13H19FN2O2S/c14-13-3-2-11(8-12(13)9-15)10-16-4-1-6-19(17,18)7-5-16/h2-3,8H,1,4-7,9-10,15H2.